The van der Waals surface area contributed by atoms with Crippen LogP contribution in [0.4, 0.5) is 0 Å². The molecule has 0 saturated carbocycles. The van der Waals surface area contributed by atoms with Gasteiger partial charge in [-0.3, -0.25) is 0 Å². The molecule has 0 saturated heterocycles. The first-order valence-corrected chi connectivity index (χ1v) is 11.2. The second kappa shape index (κ2) is 10.7. The van der Waals surface area contributed by atoms with Gasteiger partial charge in [0.2, 0.25) is 5.16 Å². The lowest BCUT2D eigenvalue weighted by atomic mass is 10.1. The summed E-state index contributed by atoms with van der Waals surface area (Å²) < 4.78 is 7.85. The van der Waals surface area contributed by atoms with Crippen molar-refractivity contribution in [3.63, 3.8) is 0 Å². The number of hydrogen-bond donors (Lipinski definition) is 1. The van der Waals surface area contributed by atoms with E-state index in [-0.39, 0.29) is 0 Å². The smallest absolute Gasteiger partial charge is 0.214 e. The molecule has 0 bridgehead atoms. The van der Waals surface area contributed by atoms with Crippen molar-refractivity contribution in [2.75, 3.05) is 12.3 Å². The van der Waals surface area contributed by atoms with Crippen molar-refractivity contribution >= 4 is 11.8 Å². The first-order chi connectivity index (χ1) is 15.3. The summed E-state index contributed by atoms with van der Waals surface area (Å²) in [6.45, 7) is 4.24. The van der Waals surface area contributed by atoms with Crippen molar-refractivity contribution in [2.45, 2.75) is 25.2 Å². The van der Waals surface area contributed by atoms with Gasteiger partial charge in [0.05, 0.1) is 5.69 Å². The maximum absolute atomic E-state index is 6.08. The quantitative estimate of drug-likeness (QED) is 0.296. The van der Waals surface area contributed by atoms with Gasteiger partial charge in [-0.05, 0) is 41.1 Å². The van der Waals surface area contributed by atoms with Crippen LogP contribution in [0.3, 0.4) is 0 Å². The predicted octanol–water partition coefficient (Wildman–Crippen LogP) is 4.43. The number of nitrogens with zero attached hydrogens (tertiary/aromatic N) is 4. The summed E-state index contributed by atoms with van der Waals surface area (Å²) >= 11 is 1.63. The molecule has 4 aromatic rings. The van der Waals surface area contributed by atoms with Crippen molar-refractivity contribution in [1.82, 2.24) is 25.5 Å². The maximum atomic E-state index is 6.08. The Kier molecular flexibility index (Phi) is 7.31. The number of nitrogens with one attached hydrogen (secondary N) is 1. The second-order valence-corrected chi connectivity index (χ2v) is 8.18. The number of benzene rings is 3. The highest BCUT2D eigenvalue weighted by molar-refractivity contribution is 7.99. The Bertz CT molecular complexity index is 1100. The summed E-state index contributed by atoms with van der Waals surface area (Å²) in [5.41, 5.74) is 4.53. The fourth-order valence-electron chi connectivity index (χ4n) is 3.19. The molecule has 158 valence electrons. The predicted molar refractivity (Wildman–Crippen MR) is 124 cm³/mol. The zero-order valence-electron chi connectivity index (χ0n) is 17.4. The number of aryl methyl sites for hydroxylation is 1. The highest BCUT2D eigenvalue weighted by atomic mass is 32.2. The molecule has 6 nitrogen and oxygen atoms in total. The van der Waals surface area contributed by atoms with Crippen molar-refractivity contribution in [3.05, 3.63) is 95.6 Å². The Balaban J connectivity index is 1.26. The van der Waals surface area contributed by atoms with E-state index in [4.69, 9.17) is 4.74 Å². The molecule has 31 heavy (non-hydrogen) atoms. The number of tetrazole rings is 1. The van der Waals surface area contributed by atoms with E-state index < -0.39 is 0 Å². The second-order valence-electron chi connectivity index (χ2n) is 7.12. The van der Waals surface area contributed by atoms with Gasteiger partial charge in [0.1, 0.15) is 12.4 Å². The van der Waals surface area contributed by atoms with E-state index in [1.807, 2.05) is 48.5 Å². The van der Waals surface area contributed by atoms with E-state index in [0.717, 1.165) is 41.0 Å². The minimum absolute atomic E-state index is 0.566. The molecule has 3 aromatic carbocycles. The third-order valence-corrected chi connectivity index (χ3v) is 5.64. The highest BCUT2D eigenvalue weighted by Crippen LogP contribution is 2.20. The molecule has 0 spiro atoms. The van der Waals surface area contributed by atoms with Crippen LogP contribution in [0.1, 0.15) is 16.7 Å². The number of ether oxygens (including phenoxy) is 1. The zero-order chi connectivity index (χ0) is 21.3. The van der Waals surface area contributed by atoms with E-state index in [2.05, 4.69) is 58.1 Å². The largest absolute Gasteiger partial charge is 0.489 e. The van der Waals surface area contributed by atoms with Gasteiger partial charge in [-0.25, -0.2) is 0 Å². The Hall–Kier alpha value is -3.16. The van der Waals surface area contributed by atoms with Gasteiger partial charge < -0.3 is 10.1 Å². The van der Waals surface area contributed by atoms with Crippen LogP contribution in [0.15, 0.2) is 84.0 Å². The third kappa shape index (κ3) is 5.93. The molecule has 4 rings (SSSR count). The molecule has 1 N–H and O–H groups in total. The fraction of sp³-hybridized carbons (Fsp3) is 0.208. The van der Waals surface area contributed by atoms with E-state index in [1.54, 1.807) is 16.4 Å². The lowest BCUT2D eigenvalue weighted by Crippen LogP contribution is -2.17. The molecule has 0 radical (unpaired) electrons. The average molecular weight is 432 g/mol. The Morgan fingerprint density at radius 3 is 2.68 bits per heavy atom. The number of thioether (sulfide) groups is 1. The fourth-order valence-corrected chi connectivity index (χ4v) is 3.98. The minimum atomic E-state index is 0.566. The number of hydrogen-bond acceptors (Lipinski definition) is 6. The standard InChI is InChI=1S/C24H25N5OS/c1-19-8-7-9-20(16-19)18-30-23-13-6-5-10-21(23)17-25-14-15-31-24-26-27-28-29(24)22-11-3-2-4-12-22/h2-13,16,25H,14-15,17-18H2,1H3. The summed E-state index contributed by atoms with van der Waals surface area (Å²) in [5, 5.41) is 16.3. The number of rotatable bonds is 10. The minimum Gasteiger partial charge on any atom is -0.489 e. The summed E-state index contributed by atoms with van der Waals surface area (Å²) in [7, 11) is 0. The van der Waals surface area contributed by atoms with Crippen molar-refractivity contribution in [2.24, 2.45) is 0 Å². The summed E-state index contributed by atoms with van der Waals surface area (Å²) in [5.74, 6) is 1.77. The highest BCUT2D eigenvalue weighted by Gasteiger charge is 2.08. The number of aromatic nitrogens is 4. The SMILES string of the molecule is Cc1cccc(COc2ccccc2CNCCSc2nnnn2-c2ccccc2)c1. The molecule has 0 aliphatic rings. The Morgan fingerprint density at radius 2 is 1.81 bits per heavy atom. The molecule has 0 aliphatic carbocycles. The first kappa shape index (κ1) is 21.1. The topological polar surface area (TPSA) is 64.9 Å². The van der Waals surface area contributed by atoms with Crippen LogP contribution in [0.5, 0.6) is 5.75 Å². The maximum Gasteiger partial charge on any atom is 0.214 e. The molecule has 0 aliphatic heterocycles. The lowest BCUT2D eigenvalue weighted by molar-refractivity contribution is 0.302. The molecule has 0 fully saturated rings. The summed E-state index contributed by atoms with van der Waals surface area (Å²) in [6, 6.07) is 26.5. The van der Waals surface area contributed by atoms with Gasteiger partial charge in [-0.1, -0.05) is 78.0 Å². The zero-order valence-corrected chi connectivity index (χ0v) is 18.3. The van der Waals surface area contributed by atoms with Crippen molar-refractivity contribution in [3.8, 4) is 11.4 Å². The van der Waals surface area contributed by atoms with E-state index in [9.17, 15) is 0 Å². The van der Waals surface area contributed by atoms with Gasteiger partial charge in [0.15, 0.2) is 0 Å². The molecule has 1 aromatic heterocycles. The van der Waals surface area contributed by atoms with Crippen LogP contribution in [0.2, 0.25) is 0 Å². The molecule has 0 atom stereocenters. The van der Waals surface area contributed by atoms with Crippen LogP contribution < -0.4 is 10.1 Å². The summed E-state index contributed by atoms with van der Waals surface area (Å²) in [6.07, 6.45) is 0. The first-order valence-electron chi connectivity index (χ1n) is 10.2. The molecule has 7 heteroatoms. The van der Waals surface area contributed by atoms with Gasteiger partial charge in [0.25, 0.3) is 0 Å². The van der Waals surface area contributed by atoms with Crippen LogP contribution in [-0.2, 0) is 13.2 Å². The third-order valence-electron chi connectivity index (χ3n) is 4.72. The molecular weight excluding hydrogens is 406 g/mol. The van der Waals surface area contributed by atoms with Gasteiger partial charge in [-0.15, -0.1) is 5.10 Å². The Morgan fingerprint density at radius 1 is 0.968 bits per heavy atom. The van der Waals surface area contributed by atoms with Gasteiger partial charge in [-0.2, -0.15) is 4.68 Å². The van der Waals surface area contributed by atoms with Crippen LogP contribution >= 0.6 is 11.8 Å². The van der Waals surface area contributed by atoms with E-state index in [1.165, 1.54) is 11.1 Å². The average Bonchev–Trinajstić information content (AvgIpc) is 3.27. The molecular formula is C24H25N5OS. The molecule has 0 amide bonds. The van der Waals surface area contributed by atoms with E-state index in [0.29, 0.717) is 6.61 Å². The lowest BCUT2D eigenvalue weighted by Gasteiger charge is -2.12. The van der Waals surface area contributed by atoms with Crippen LogP contribution in [0.25, 0.3) is 5.69 Å². The summed E-state index contributed by atoms with van der Waals surface area (Å²) in [4.78, 5) is 0. The number of para-hydroxylation sites is 2. The van der Waals surface area contributed by atoms with Crippen molar-refractivity contribution < 1.29 is 4.74 Å². The van der Waals surface area contributed by atoms with Crippen LogP contribution in [-0.4, -0.2) is 32.5 Å². The van der Waals surface area contributed by atoms with Gasteiger partial charge in [0, 0.05) is 24.4 Å². The van der Waals surface area contributed by atoms with Gasteiger partial charge >= 0.3 is 0 Å². The molecule has 0 unspecified atom stereocenters. The normalized spacial score (nSPS) is 10.9. The Labute approximate surface area is 186 Å². The monoisotopic (exact) mass is 431 g/mol. The molecule has 1 heterocycles. The van der Waals surface area contributed by atoms with E-state index >= 15 is 0 Å². The van der Waals surface area contributed by atoms with Crippen LogP contribution in [0, 0.1) is 6.92 Å². The van der Waals surface area contributed by atoms with Crippen molar-refractivity contribution in [1.29, 1.82) is 0 Å².